The number of halogens is 2. The summed E-state index contributed by atoms with van der Waals surface area (Å²) in [5.74, 6) is -0.449. The Morgan fingerprint density at radius 1 is 1.26 bits per heavy atom. The van der Waals surface area contributed by atoms with Gasteiger partial charge in [-0.05, 0) is 55.2 Å². The normalized spacial score (nSPS) is 19.7. The number of benzene rings is 1. The zero-order chi connectivity index (χ0) is 24.0. The van der Waals surface area contributed by atoms with Crippen LogP contribution in [-0.2, 0) is 9.59 Å². The predicted molar refractivity (Wildman–Crippen MR) is 127 cm³/mol. The number of carbonyl (C=O) groups excluding carboxylic acids is 2. The average Bonchev–Trinajstić information content (AvgIpc) is 3.42. The summed E-state index contributed by atoms with van der Waals surface area (Å²) in [6, 6.07) is 8.08. The maximum atomic E-state index is 14.6. The van der Waals surface area contributed by atoms with E-state index in [2.05, 4.69) is 20.3 Å². The third-order valence-corrected chi connectivity index (χ3v) is 6.46. The summed E-state index contributed by atoms with van der Waals surface area (Å²) in [6.45, 7) is 1.33. The van der Waals surface area contributed by atoms with Crippen molar-refractivity contribution in [1.29, 1.82) is 0 Å². The Bertz CT molecular complexity index is 1340. The largest absolute Gasteiger partial charge is 0.398 e. The second-order valence-corrected chi connectivity index (χ2v) is 8.93. The van der Waals surface area contributed by atoms with Crippen LogP contribution in [0.3, 0.4) is 0 Å². The number of fused-ring (bicyclic) bond motifs is 1. The van der Waals surface area contributed by atoms with Crippen LogP contribution < -0.4 is 11.1 Å². The summed E-state index contributed by atoms with van der Waals surface area (Å²) in [4.78, 5) is 37.5. The van der Waals surface area contributed by atoms with E-state index in [0.717, 1.165) is 24.0 Å². The molecule has 0 aliphatic carbocycles. The van der Waals surface area contributed by atoms with Crippen LogP contribution in [0.4, 0.5) is 15.9 Å². The Hall–Kier alpha value is -3.72. The Morgan fingerprint density at radius 2 is 2.09 bits per heavy atom. The highest BCUT2D eigenvalue weighted by atomic mass is 35.5. The molecule has 0 bridgehead atoms. The van der Waals surface area contributed by atoms with Crippen molar-refractivity contribution in [2.24, 2.45) is 0 Å². The molecule has 1 unspecified atom stereocenters. The number of pyridine rings is 1. The Balaban J connectivity index is 1.39. The number of nitrogens with one attached hydrogen (secondary N) is 2. The van der Waals surface area contributed by atoms with Gasteiger partial charge in [0.15, 0.2) is 0 Å². The fourth-order valence-corrected chi connectivity index (χ4v) is 4.92. The standard InChI is InChI=1S/C24H22ClFN6O2/c1-12(33)29-21-7-4-16(23(26)31-21)19-11-28-24(30-19)20-6-3-15-8-13(9-22(34)32(15)20)17-10-14(25)2-5-18(17)27/h2,4-5,7,9-11,15,20H,3,6,8,27H2,1H3,(H,28,30)(H,29,31,33)/t15?,20-/m0/s1. The SMILES string of the molecule is CC(=O)Nc1ccc(-c2cnc([C@@H]3CCC4CC(c5cc(Cl)ccc5N)=CC(=O)N43)[nH]2)c(F)n1. The molecule has 0 saturated carbocycles. The van der Waals surface area contributed by atoms with Crippen LogP contribution in [0.15, 0.2) is 42.6 Å². The Morgan fingerprint density at radius 3 is 2.85 bits per heavy atom. The Kier molecular flexibility index (Phi) is 5.57. The monoisotopic (exact) mass is 480 g/mol. The zero-order valence-corrected chi connectivity index (χ0v) is 19.1. The lowest BCUT2D eigenvalue weighted by molar-refractivity contribution is -0.129. The van der Waals surface area contributed by atoms with Crippen molar-refractivity contribution >= 4 is 40.5 Å². The van der Waals surface area contributed by atoms with E-state index < -0.39 is 5.95 Å². The fraction of sp³-hybridized carbons (Fsp3) is 0.250. The number of imidazole rings is 1. The molecule has 2 amide bonds. The van der Waals surface area contributed by atoms with Gasteiger partial charge in [0.25, 0.3) is 0 Å². The highest BCUT2D eigenvalue weighted by Gasteiger charge is 2.41. The van der Waals surface area contributed by atoms with Gasteiger partial charge in [-0.1, -0.05) is 11.6 Å². The number of H-pyrrole nitrogens is 1. The van der Waals surface area contributed by atoms with Gasteiger partial charge < -0.3 is 20.9 Å². The first kappa shape index (κ1) is 22.1. The molecule has 2 aliphatic heterocycles. The van der Waals surface area contributed by atoms with E-state index in [4.69, 9.17) is 17.3 Å². The highest BCUT2D eigenvalue weighted by Crippen LogP contribution is 2.43. The van der Waals surface area contributed by atoms with Gasteiger partial charge in [0.1, 0.15) is 11.6 Å². The van der Waals surface area contributed by atoms with Crippen molar-refractivity contribution in [3.63, 3.8) is 0 Å². The van der Waals surface area contributed by atoms with Gasteiger partial charge in [-0.2, -0.15) is 4.39 Å². The molecule has 8 nitrogen and oxygen atoms in total. The molecule has 174 valence electrons. The number of aromatic nitrogens is 3. The molecule has 10 heteroatoms. The molecule has 2 aliphatic rings. The van der Waals surface area contributed by atoms with Gasteiger partial charge in [-0.15, -0.1) is 0 Å². The summed E-state index contributed by atoms with van der Waals surface area (Å²) in [5.41, 5.74) is 9.05. The topological polar surface area (TPSA) is 117 Å². The highest BCUT2D eigenvalue weighted by molar-refractivity contribution is 6.30. The number of amides is 2. The number of aromatic amines is 1. The molecule has 4 heterocycles. The van der Waals surface area contributed by atoms with E-state index in [9.17, 15) is 14.0 Å². The van der Waals surface area contributed by atoms with E-state index in [1.54, 1.807) is 24.3 Å². The molecule has 2 aromatic heterocycles. The van der Waals surface area contributed by atoms with Crippen molar-refractivity contribution in [3.8, 4) is 11.3 Å². The van der Waals surface area contributed by atoms with E-state index >= 15 is 0 Å². The third kappa shape index (κ3) is 4.03. The first-order chi connectivity index (χ1) is 16.3. The number of carbonyl (C=O) groups is 2. The Labute approximate surface area is 200 Å². The summed E-state index contributed by atoms with van der Waals surface area (Å²) in [7, 11) is 0. The van der Waals surface area contributed by atoms with Crippen LogP contribution in [0.5, 0.6) is 0 Å². The molecule has 34 heavy (non-hydrogen) atoms. The molecule has 5 rings (SSSR count). The lowest BCUT2D eigenvalue weighted by Crippen LogP contribution is -2.39. The van der Waals surface area contributed by atoms with E-state index in [1.165, 1.54) is 25.3 Å². The van der Waals surface area contributed by atoms with Crippen LogP contribution in [0.2, 0.25) is 5.02 Å². The molecule has 1 aromatic carbocycles. The van der Waals surface area contributed by atoms with E-state index in [0.29, 0.717) is 28.6 Å². The first-order valence-corrected chi connectivity index (χ1v) is 11.3. The van der Waals surface area contributed by atoms with Gasteiger partial charge in [0.2, 0.25) is 17.8 Å². The molecule has 4 N–H and O–H groups in total. The minimum atomic E-state index is -0.730. The van der Waals surface area contributed by atoms with Gasteiger partial charge in [0, 0.05) is 35.3 Å². The quantitative estimate of drug-likeness (QED) is 0.379. The van der Waals surface area contributed by atoms with Gasteiger partial charge in [-0.25, -0.2) is 9.97 Å². The van der Waals surface area contributed by atoms with Crippen molar-refractivity contribution in [2.45, 2.75) is 38.3 Å². The maximum absolute atomic E-state index is 14.6. The van der Waals surface area contributed by atoms with Gasteiger partial charge >= 0.3 is 0 Å². The molecular formula is C24H22ClFN6O2. The van der Waals surface area contributed by atoms with Crippen LogP contribution in [0.25, 0.3) is 16.8 Å². The molecule has 3 aromatic rings. The summed E-state index contributed by atoms with van der Waals surface area (Å²) in [6.07, 6.45) is 5.36. The number of hydrogen-bond acceptors (Lipinski definition) is 5. The fourth-order valence-electron chi connectivity index (χ4n) is 4.74. The number of anilines is 2. The third-order valence-electron chi connectivity index (χ3n) is 6.23. The smallest absolute Gasteiger partial charge is 0.247 e. The van der Waals surface area contributed by atoms with Gasteiger partial charge in [-0.3, -0.25) is 9.59 Å². The molecular weight excluding hydrogens is 459 g/mol. The first-order valence-electron chi connectivity index (χ1n) is 10.9. The molecule has 2 atom stereocenters. The predicted octanol–water partition coefficient (Wildman–Crippen LogP) is 4.32. The van der Waals surface area contributed by atoms with Crippen LogP contribution in [0.1, 0.15) is 43.6 Å². The van der Waals surface area contributed by atoms with Crippen molar-refractivity contribution < 1.29 is 14.0 Å². The van der Waals surface area contributed by atoms with E-state index in [-0.39, 0.29) is 35.3 Å². The van der Waals surface area contributed by atoms with E-state index in [1.807, 2.05) is 4.90 Å². The van der Waals surface area contributed by atoms with Crippen molar-refractivity contribution in [1.82, 2.24) is 19.9 Å². The van der Waals surface area contributed by atoms with Crippen molar-refractivity contribution in [3.05, 3.63) is 65.0 Å². The molecule has 1 fully saturated rings. The van der Waals surface area contributed by atoms with Crippen molar-refractivity contribution in [2.75, 3.05) is 11.1 Å². The summed E-state index contributed by atoms with van der Waals surface area (Å²) >= 11 is 6.14. The summed E-state index contributed by atoms with van der Waals surface area (Å²) in [5, 5.41) is 3.02. The number of nitrogens with zero attached hydrogens (tertiary/aromatic N) is 3. The minimum absolute atomic E-state index is 0.0137. The second kappa shape index (κ2) is 8.57. The molecule has 0 radical (unpaired) electrons. The maximum Gasteiger partial charge on any atom is 0.247 e. The average molecular weight is 481 g/mol. The number of nitrogens with two attached hydrogens (primary N) is 1. The zero-order valence-electron chi connectivity index (χ0n) is 18.3. The number of rotatable bonds is 4. The van der Waals surface area contributed by atoms with Crippen LogP contribution >= 0.6 is 11.6 Å². The number of hydrogen-bond donors (Lipinski definition) is 3. The number of nitrogen functional groups attached to an aromatic ring is 1. The second-order valence-electron chi connectivity index (χ2n) is 8.50. The lowest BCUT2D eigenvalue weighted by Gasteiger charge is -2.33. The molecule has 1 saturated heterocycles. The van der Waals surface area contributed by atoms with Crippen LogP contribution in [0, 0.1) is 5.95 Å². The van der Waals surface area contributed by atoms with Crippen LogP contribution in [-0.4, -0.2) is 37.7 Å². The lowest BCUT2D eigenvalue weighted by atomic mass is 9.93. The summed E-state index contributed by atoms with van der Waals surface area (Å²) < 4.78 is 14.6. The minimum Gasteiger partial charge on any atom is -0.398 e. The molecule has 0 spiro atoms. The van der Waals surface area contributed by atoms with Gasteiger partial charge in [0.05, 0.1) is 23.5 Å².